The number of carbonyl (C=O) groups is 1. The van der Waals surface area contributed by atoms with Crippen LogP contribution in [-0.2, 0) is 10.3 Å². The van der Waals surface area contributed by atoms with Crippen LogP contribution in [0.25, 0.3) is 0 Å². The molecule has 1 amide bonds. The molecule has 1 aromatic rings. The SMILES string of the molecule is CC(C)(C)OC(=O)Nc1ccc(Cl)cc1C1(N)CC1(F)F. The molecular formula is C14H17ClF2N2O2. The van der Waals surface area contributed by atoms with Crippen molar-refractivity contribution in [3.05, 3.63) is 28.8 Å². The first-order chi connectivity index (χ1) is 9.45. The molecule has 0 spiro atoms. The number of nitrogens with two attached hydrogens (primary N) is 1. The molecule has 116 valence electrons. The first-order valence-electron chi connectivity index (χ1n) is 6.41. The minimum atomic E-state index is -3.01. The van der Waals surface area contributed by atoms with Gasteiger partial charge in [0.25, 0.3) is 5.92 Å². The topological polar surface area (TPSA) is 64.3 Å². The van der Waals surface area contributed by atoms with Crippen LogP contribution in [0.3, 0.4) is 0 Å². The molecule has 1 fully saturated rings. The molecule has 1 saturated carbocycles. The van der Waals surface area contributed by atoms with Crippen LogP contribution in [0.5, 0.6) is 0 Å². The molecule has 1 atom stereocenters. The van der Waals surface area contributed by atoms with Crippen molar-refractivity contribution in [3.63, 3.8) is 0 Å². The molecule has 0 heterocycles. The Morgan fingerprint density at radius 2 is 2.00 bits per heavy atom. The van der Waals surface area contributed by atoms with E-state index in [-0.39, 0.29) is 16.3 Å². The zero-order valence-corrected chi connectivity index (χ0v) is 12.7. The molecule has 7 heteroatoms. The number of rotatable bonds is 2. The van der Waals surface area contributed by atoms with Crippen molar-refractivity contribution in [1.82, 2.24) is 0 Å². The zero-order chi connectivity index (χ0) is 16.1. The molecule has 2 rings (SSSR count). The van der Waals surface area contributed by atoms with Crippen LogP contribution in [0.15, 0.2) is 18.2 Å². The molecule has 0 aromatic heterocycles. The van der Waals surface area contributed by atoms with E-state index < -0.39 is 29.6 Å². The molecule has 1 aliphatic carbocycles. The van der Waals surface area contributed by atoms with Crippen molar-refractivity contribution < 1.29 is 18.3 Å². The van der Waals surface area contributed by atoms with Gasteiger partial charge in [-0.1, -0.05) is 11.6 Å². The summed E-state index contributed by atoms with van der Waals surface area (Å²) in [6.45, 7) is 5.11. The Hall–Kier alpha value is -1.40. The Morgan fingerprint density at radius 3 is 2.48 bits per heavy atom. The van der Waals surface area contributed by atoms with E-state index in [2.05, 4.69) is 5.32 Å². The molecule has 0 saturated heterocycles. The third kappa shape index (κ3) is 3.27. The van der Waals surface area contributed by atoms with Gasteiger partial charge in [-0.25, -0.2) is 13.6 Å². The minimum absolute atomic E-state index is 0.103. The van der Waals surface area contributed by atoms with Crippen LogP contribution < -0.4 is 11.1 Å². The summed E-state index contributed by atoms with van der Waals surface area (Å²) in [7, 11) is 0. The van der Waals surface area contributed by atoms with E-state index in [1.54, 1.807) is 20.8 Å². The largest absolute Gasteiger partial charge is 0.444 e. The Kier molecular flexibility index (Phi) is 3.66. The van der Waals surface area contributed by atoms with Gasteiger partial charge in [-0.3, -0.25) is 5.32 Å². The maximum absolute atomic E-state index is 13.5. The van der Waals surface area contributed by atoms with Gasteiger partial charge in [0, 0.05) is 22.7 Å². The molecule has 21 heavy (non-hydrogen) atoms. The van der Waals surface area contributed by atoms with Gasteiger partial charge in [0.2, 0.25) is 0 Å². The van der Waals surface area contributed by atoms with Gasteiger partial charge >= 0.3 is 6.09 Å². The van der Waals surface area contributed by atoms with Gasteiger partial charge in [0.05, 0.1) is 0 Å². The minimum Gasteiger partial charge on any atom is -0.444 e. The van der Waals surface area contributed by atoms with Crippen molar-refractivity contribution in [1.29, 1.82) is 0 Å². The lowest BCUT2D eigenvalue weighted by molar-refractivity contribution is 0.0634. The molecule has 0 bridgehead atoms. The van der Waals surface area contributed by atoms with Crippen molar-refractivity contribution in [2.45, 2.75) is 44.3 Å². The maximum atomic E-state index is 13.5. The summed E-state index contributed by atoms with van der Waals surface area (Å²) in [5, 5.41) is 2.72. The second kappa shape index (κ2) is 4.81. The summed E-state index contributed by atoms with van der Waals surface area (Å²) >= 11 is 5.84. The molecule has 1 aliphatic rings. The van der Waals surface area contributed by atoms with Gasteiger partial charge in [-0.05, 0) is 39.0 Å². The van der Waals surface area contributed by atoms with Crippen LogP contribution in [-0.4, -0.2) is 17.6 Å². The van der Waals surface area contributed by atoms with Crippen molar-refractivity contribution >= 4 is 23.4 Å². The second-order valence-electron chi connectivity index (χ2n) is 6.17. The predicted molar refractivity (Wildman–Crippen MR) is 76.7 cm³/mol. The Morgan fingerprint density at radius 1 is 1.43 bits per heavy atom. The fourth-order valence-electron chi connectivity index (χ4n) is 2.01. The average molecular weight is 319 g/mol. The predicted octanol–water partition coefficient (Wildman–Crippen LogP) is 3.88. The highest BCUT2D eigenvalue weighted by Gasteiger charge is 2.70. The van der Waals surface area contributed by atoms with Crippen LogP contribution in [0.1, 0.15) is 32.8 Å². The monoisotopic (exact) mass is 318 g/mol. The quantitative estimate of drug-likeness (QED) is 0.869. The highest BCUT2D eigenvalue weighted by molar-refractivity contribution is 6.30. The first-order valence-corrected chi connectivity index (χ1v) is 6.79. The third-order valence-electron chi connectivity index (χ3n) is 3.13. The smallest absolute Gasteiger partial charge is 0.412 e. The van der Waals surface area contributed by atoms with Gasteiger partial charge < -0.3 is 10.5 Å². The number of halogens is 3. The van der Waals surface area contributed by atoms with Gasteiger partial charge in [0.1, 0.15) is 11.1 Å². The number of nitrogens with one attached hydrogen (secondary N) is 1. The van der Waals surface area contributed by atoms with E-state index in [1.165, 1.54) is 18.2 Å². The van der Waals surface area contributed by atoms with E-state index in [0.717, 1.165) is 0 Å². The Labute approximate surface area is 126 Å². The number of alkyl halides is 2. The summed E-state index contributed by atoms with van der Waals surface area (Å²) < 4.78 is 32.0. The molecular weight excluding hydrogens is 302 g/mol. The van der Waals surface area contributed by atoms with Crippen molar-refractivity contribution in [3.8, 4) is 0 Å². The van der Waals surface area contributed by atoms with E-state index in [1.807, 2.05) is 0 Å². The highest BCUT2D eigenvalue weighted by atomic mass is 35.5. The van der Waals surface area contributed by atoms with Crippen LogP contribution in [0.2, 0.25) is 5.02 Å². The molecule has 0 radical (unpaired) electrons. The van der Waals surface area contributed by atoms with Crippen LogP contribution in [0, 0.1) is 0 Å². The van der Waals surface area contributed by atoms with Crippen molar-refractivity contribution in [2.24, 2.45) is 5.73 Å². The molecule has 4 nitrogen and oxygen atoms in total. The number of anilines is 1. The summed E-state index contributed by atoms with van der Waals surface area (Å²) in [5.74, 6) is -3.01. The first kappa shape index (κ1) is 16.0. The lowest BCUT2D eigenvalue weighted by Crippen LogP contribution is -2.31. The number of carbonyl (C=O) groups excluding carboxylic acids is 1. The van der Waals surface area contributed by atoms with Crippen LogP contribution >= 0.6 is 11.6 Å². The molecule has 0 aliphatic heterocycles. The van der Waals surface area contributed by atoms with E-state index in [4.69, 9.17) is 22.1 Å². The van der Waals surface area contributed by atoms with Crippen molar-refractivity contribution in [2.75, 3.05) is 5.32 Å². The average Bonchev–Trinajstić information content (AvgIpc) is 2.79. The van der Waals surface area contributed by atoms with Gasteiger partial charge in [0.15, 0.2) is 0 Å². The Bertz CT molecular complexity index is 587. The summed E-state index contributed by atoms with van der Waals surface area (Å²) in [6, 6.07) is 4.27. The summed E-state index contributed by atoms with van der Waals surface area (Å²) in [6.07, 6.45) is -1.22. The number of ether oxygens (including phenoxy) is 1. The fourth-order valence-corrected chi connectivity index (χ4v) is 2.18. The molecule has 1 unspecified atom stereocenters. The summed E-state index contributed by atoms with van der Waals surface area (Å²) in [4.78, 5) is 11.8. The number of amides is 1. The van der Waals surface area contributed by atoms with E-state index >= 15 is 0 Å². The zero-order valence-electron chi connectivity index (χ0n) is 12.0. The lowest BCUT2D eigenvalue weighted by Gasteiger charge is -2.22. The van der Waals surface area contributed by atoms with Gasteiger partial charge in [-0.2, -0.15) is 0 Å². The van der Waals surface area contributed by atoms with E-state index in [0.29, 0.717) is 0 Å². The number of benzene rings is 1. The Balaban J connectivity index is 2.27. The molecule has 1 aromatic carbocycles. The lowest BCUT2D eigenvalue weighted by atomic mass is 10.0. The fraction of sp³-hybridized carbons (Fsp3) is 0.500. The standard InChI is InChI=1S/C14H17ClF2N2O2/c1-12(2,3)21-11(20)19-10-5-4-8(15)6-9(10)13(18)7-14(13,16)17/h4-6H,7,18H2,1-3H3,(H,19,20). The number of hydrogen-bond donors (Lipinski definition) is 2. The maximum Gasteiger partial charge on any atom is 0.412 e. The highest BCUT2D eigenvalue weighted by Crippen LogP contribution is 2.59. The van der Waals surface area contributed by atoms with Gasteiger partial charge in [-0.15, -0.1) is 0 Å². The normalized spacial score (nSPS) is 23.6. The third-order valence-corrected chi connectivity index (χ3v) is 3.36. The molecule has 3 N–H and O–H groups in total. The summed E-state index contributed by atoms with van der Waals surface area (Å²) in [5.41, 5.74) is 3.50. The number of hydrogen-bond acceptors (Lipinski definition) is 3. The van der Waals surface area contributed by atoms with E-state index in [9.17, 15) is 13.6 Å². The second-order valence-corrected chi connectivity index (χ2v) is 6.61. The van der Waals surface area contributed by atoms with Crippen LogP contribution in [0.4, 0.5) is 19.3 Å².